The number of ether oxygens (including phenoxy) is 1. The zero-order chi connectivity index (χ0) is 13.4. The molecule has 0 fully saturated rings. The fourth-order valence-electron chi connectivity index (χ4n) is 1.39. The number of hydrogen-bond acceptors (Lipinski definition) is 2. The molecule has 0 saturated carbocycles. The summed E-state index contributed by atoms with van der Waals surface area (Å²) >= 11 is 0. The summed E-state index contributed by atoms with van der Waals surface area (Å²) in [6.45, 7) is 10.8. The second-order valence-electron chi connectivity index (χ2n) is 4.15. The van der Waals surface area contributed by atoms with E-state index in [1.54, 1.807) is 17.7 Å². The normalized spacial score (nSPS) is 11.9. The molecule has 0 spiro atoms. The minimum Gasteiger partial charge on any atom is -0.380 e. The second-order valence-corrected chi connectivity index (χ2v) is 4.15. The van der Waals surface area contributed by atoms with Crippen LogP contribution in [0.4, 0.5) is 0 Å². The van der Waals surface area contributed by atoms with E-state index in [4.69, 9.17) is 4.74 Å². The van der Waals surface area contributed by atoms with Gasteiger partial charge in [0.15, 0.2) is 0 Å². The van der Waals surface area contributed by atoms with Gasteiger partial charge in [-0.3, -0.25) is 4.79 Å². The monoisotopic (exact) mass is 239 g/mol. The zero-order valence-electron chi connectivity index (χ0n) is 11.9. The molecule has 0 N–H and O–H groups in total. The fraction of sp³-hybridized carbons (Fsp3) is 0.643. The van der Waals surface area contributed by atoms with Gasteiger partial charge in [-0.2, -0.15) is 0 Å². The van der Waals surface area contributed by atoms with Gasteiger partial charge in [0.05, 0.1) is 12.6 Å². The lowest BCUT2D eigenvalue weighted by Crippen LogP contribution is -2.25. The molecule has 1 atom stereocenters. The molecule has 1 rings (SSSR count). The molecule has 0 saturated heterocycles. The van der Waals surface area contributed by atoms with E-state index >= 15 is 0 Å². The average molecular weight is 239 g/mol. The Labute approximate surface area is 104 Å². The summed E-state index contributed by atoms with van der Waals surface area (Å²) in [6, 6.07) is 3.51. The summed E-state index contributed by atoms with van der Waals surface area (Å²) < 4.78 is 6.86. The summed E-state index contributed by atoms with van der Waals surface area (Å²) in [4.78, 5) is 11.6. The largest absolute Gasteiger partial charge is 0.380 e. The lowest BCUT2D eigenvalue weighted by Gasteiger charge is -2.14. The van der Waals surface area contributed by atoms with Gasteiger partial charge in [0, 0.05) is 19.4 Å². The highest BCUT2D eigenvalue weighted by molar-refractivity contribution is 5.13. The van der Waals surface area contributed by atoms with Crippen molar-refractivity contribution in [2.75, 3.05) is 7.11 Å². The van der Waals surface area contributed by atoms with Crippen molar-refractivity contribution >= 4 is 0 Å². The summed E-state index contributed by atoms with van der Waals surface area (Å²) in [5.74, 6) is 0.440. The molecule has 1 aromatic heterocycles. The Morgan fingerprint density at radius 2 is 1.82 bits per heavy atom. The highest BCUT2D eigenvalue weighted by Crippen LogP contribution is 2.11. The lowest BCUT2D eigenvalue weighted by atomic mass is 10.1. The topological polar surface area (TPSA) is 31.2 Å². The van der Waals surface area contributed by atoms with Crippen LogP contribution in [0.15, 0.2) is 23.1 Å². The molecular weight excluding hydrogens is 214 g/mol. The first-order valence-electron chi connectivity index (χ1n) is 6.27. The maximum absolute atomic E-state index is 11.6. The van der Waals surface area contributed by atoms with Crippen LogP contribution >= 0.6 is 0 Å². The van der Waals surface area contributed by atoms with Gasteiger partial charge in [0.25, 0.3) is 5.56 Å². The minimum atomic E-state index is 0.0308. The fourth-order valence-corrected chi connectivity index (χ4v) is 1.39. The maximum Gasteiger partial charge on any atom is 0.250 e. The highest BCUT2D eigenvalue weighted by atomic mass is 16.5. The average Bonchev–Trinajstić information content (AvgIpc) is 2.34. The predicted octanol–water partition coefficient (Wildman–Crippen LogP) is 3.03. The van der Waals surface area contributed by atoms with Crippen molar-refractivity contribution in [3.8, 4) is 0 Å². The van der Waals surface area contributed by atoms with Gasteiger partial charge in [0.2, 0.25) is 0 Å². The highest BCUT2D eigenvalue weighted by Gasteiger charge is 2.05. The summed E-state index contributed by atoms with van der Waals surface area (Å²) in [6.07, 6.45) is 1.98. The number of rotatable bonds is 4. The SMILES string of the molecule is CC.COC(C)Cn1cc(C(C)C)ccc1=O. The van der Waals surface area contributed by atoms with Crippen LogP contribution in [0.1, 0.15) is 46.1 Å². The molecular formula is C14H25NO2. The van der Waals surface area contributed by atoms with E-state index in [0.29, 0.717) is 12.5 Å². The standard InChI is InChI=1S/C12H19NO2.C2H6/c1-9(2)11-5-6-12(14)13(8-11)7-10(3)15-4;1-2/h5-6,8-10H,7H2,1-4H3;1-2H3. The Bertz CT molecular complexity index is 369. The van der Waals surface area contributed by atoms with Gasteiger partial charge in [-0.15, -0.1) is 0 Å². The first-order valence-corrected chi connectivity index (χ1v) is 6.27. The smallest absolute Gasteiger partial charge is 0.250 e. The molecule has 98 valence electrons. The van der Waals surface area contributed by atoms with E-state index in [1.165, 1.54) is 5.56 Å². The third-order valence-electron chi connectivity index (χ3n) is 2.53. The van der Waals surface area contributed by atoms with E-state index in [2.05, 4.69) is 13.8 Å². The molecule has 1 aromatic rings. The number of hydrogen-bond donors (Lipinski definition) is 0. The number of methoxy groups -OCH3 is 1. The molecule has 0 radical (unpaired) electrons. The van der Waals surface area contributed by atoms with Crippen LogP contribution in [0.25, 0.3) is 0 Å². The summed E-state index contributed by atoms with van der Waals surface area (Å²) in [5, 5.41) is 0. The minimum absolute atomic E-state index is 0.0308. The van der Waals surface area contributed by atoms with Crippen LogP contribution in [-0.4, -0.2) is 17.8 Å². The van der Waals surface area contributed by atoms with E-state index in [-0.39, 0.29) is 11.7 Å². The van der Waals surface area contributed by atoms with E-state index in [9.17, 15) is 4.79 Å². The first kappa shape index (κ1) is 15.9. The molecule has 0 amide bonds. The molecule has 0 aliphatic carbocycles. The van der Waals surface area contributed by atoms with Crippen molar-refractivity contribution in [3.05, 3.63) is 34.2 Å². The predicted molar refractivity (Wildman–Crippen MR) is 72.6 cm³/mol. The molecule has 17 heavy (non-hydrogen) atoms. The van der Waals surface area contributed by atoms with E-state index in [1.807, 2.05) is 33.0 Å². The Morgan fingerprint density at radius 3 is 2.29 bits per heavy atom. The van der Waals surface area contributed by atoms with Gasteiger partial charge in [-0.1, -0.05) is 33.8 Å². The maximum atomic E-state index is 11.6. The van der Waals surface area contributed by atoms with Crippen molar-refractivity contribution in [2.24, 2.45) is 0 Å². The van der Waals surface area contributed by atoms with Crippen LogP contribution in [-0.2, 0) is 11.3 Å². The molecule has 0 aromatic carbocycles. The summed E-state index contributed by atoms with van der Waals surface area (Å²) in [7, 11) is 1.65. The van der Waals surface area contributed by atoms with Crippen LogP contribution in [0, 0.1) is 0 Å². The number of aromatic nitrogens is 1. The van der Waals surface area contributed by atoms with Crippen molar-refractivity contribution in [1.82, 2.24) is 4.57 Å². The quantitative estimate of drug-likeness (QED) is 0.808. The Kier molecular flexibility index (Phi) is 7.55. The zero-order valence-corrected chi connectivity index (χ0v) is 11.9. The molecule has 3 heteroatoms. The van der Waals surface area contributed by atoms with Crippen molar-refractivity contribution in [1.29, 1.82) is 0 Å². The van der Waals surface area contributed by atoms with Crippen molar-refractivity contribution in [2.45, 2.75) is 53.2 Å². The second kappa shape index (κ2) is 8.07. The van der Waals surface area contributed by atoms with Gasteiger partial charge in [-0.25, -0.2) is 0 Å². The lowest BCUT2D eigenvalue weighted by molar-refractivity contribution is 0.102. The molecule has 3 nitrogen and oxygen atoms in total. The first-order chi connectivity index (χ1) is 8.04. The van der Waals surface area contributed by atoms with Crippen LogP contribution in [0.2, 0.25) is 0 Å². The van der Waals surface area contributed by atoms with Gasteiger partial charge < -0.3 is 9.30 Å². The van der Waals surface area contributed by atoms with Gasteiger partial charge in [-0.05, 0) is 18.4 Å². The number of pyridine rings is 1. The molecule has 0 aliphatic rings. The van der Waals surface area contributed by atoms with Crippen LogP contribution < -0.4 is 5.56 Å². The third kappa shape index (κ3) is 5.18. The number of nitrogens with zero attached hydrogens (tertiary/aromatic N) is 1. The van der Waals surface area contributed by atoms with Gasteiger partial charge >= 0.3 is 0 Å². The Balaban J connectivity index is 0.00000121. The van der Waals surface area contributed by atoms with Gasteiger partial charge in [0.1, 0.15) is 0 Å². The summed E-state index contributed by atoms with van der Waals surface area (Å²) in [5.41, 5.74) is 1.21. The third-order valence-corrected chi connectivity index (χ3v) is 2.53. The Morgan fingerprint density at radius 1 is 1.24 bits per heavy atom. The molecule has 1 unspecified atom stereocenters. The molecule has 1 heterocycles. The van der Waals surface area contributed by atoms with Crippen molar-refractivity contribution in [3.63, 3.8) is 0 Å². The van der Waals surface area contributed by atoms with Crippen LogP contribution in [0.5, 0.6) is 0 Å². The molecule has 0 bridgehead atoms. The van der Waals surface area contributed by atoms with Crippen molar-refractivity contribution < 1.29 is 4.74 Å². The van der Waals surface area contributed by atoms with E-state index < -0.39 is 0 Å². The molecule has 0 aliphatic heterocycles. The van der Waals surface area contributed by atoms with E-state index in [0.717, 1.165) is 0 Å². The Hall–Kier alpha value is -1.09. The van der Waals surface area contributed by atoms with Crippen LogP contribution in [0.3, 0.4) is 0 Å².